The first kappa shape index (κ1) is 25.4. The van der Waals surface area contributed by atoms with E-state index in [0.29, 0.717) is 0 Å². The van der Waals surface area contributed by atoms with Crippen LogP contribution in [0.1, 0.15) is 5.56 Å². The van der Waals surface area contributed by atoms with E-state index in [1.165, 1.54) is 0 Å². The first-order valence-electron chi connectivity index (χ1n) is 8.35. The number of aliphatic hydroxyl groups excluding tert-OH is 6. The number of carboxylic acid groups (broad SMARTS) is 1. The van der Waals surface area contributed by atoms with Crippen molar-refractivity contribution in [2.45, 2.75) is 6.42 Å². The maximum Gasteiger partial charge on any atom is 0.307 e. The molecule has 0 spiro atoms. The summed E-state index contributed by atoms with van der Waals surface area (Å²) in [5.74, 6) is -0.786. The number of aliphatic hydroxyl groups is 6. The van der Waals surface area contributed by atoms with Gasteiger partial charge in [0.2, 0.25) is 0 Å². The summed E-state index contributed by atoms with van der Waals surface area (Å²) in [4.78, 5) is 10.2. The van der Waals surface area contributed by atoms with Crippen LogP contribution < -0.4 is 0 Å². The Morgan fingerprint density at radius 1 is 0.741 bits per heavy atom. The Labute approximate surface area is 158 Å². The molecule has 27 heavy (non-hydrogen) atoms. The number of hydrogen-bond donors (Lipinski definition) is 7. The SMILES string of the molecule is O=C(O)Cc1ccccc1.OCC(CO)(CO)COCC(CO)(CO)CO. The van der Waals surface area contributed by atoms with Crippen molar-refractivity contribution in [3.05, 3.63) is 35.9 Å². The van der Waals surface area contributed by atoms with Gasteiger partial charge in [-0.05, 0) is 5.56 Å². The molecule has 0 aromatic heterocycles. The molecule has 0 saturated carbocycles. The standard InChI is InChI=1S/C10H22O7.C8H8O2/c11-1-9(2-12,3-13)7-17-8-10(4-14,5-15)6-16;9-8(10)6-7-4-2-1-3-5-7/h11-16H,1-8H2;1-5H,6H2,(H,9,10). The van der Waals surface area contributed by atoms with E-state index in [1.807, 2.05) is 18.2 Å². The second kappa shape index (κ2) is 13.6. The molecule has 1 aromatic rings. The second-order valence-corrected chi connectivity index (χ2v) is 6.50. The largest absolute Gasteiger partial charge is 0.481 e. The second-order valence-electron chi connectivity index (χ2n) is 6.50. The van der Waals surface area contributed by atoms with Crippen molar-refractivity contribution in [3.8, 4) is 0 Å². The summed E-state index contributed by atoms with van der Waals surface area (Å²) < 4.78 is 5.15. The highest BCUT2D eigenvalue weighted by atomic mass is 16.5. The van der Waals surface area contributed by atoms with Crippen LogP contribution in [0.2, 0.25) is 0 Å². The molecule has 0 aliphatic carbocycles. The van der Waals surface area contributed by atoms with Gasteiger partial charge in [0.25, 0.3) is 0 Å². The monoisotopic (exact) mass is 390 g/mol. The van der Waals surface area contributed by atoms with Gasteiger partial charge in [0.15, 0.2) is 0 Å². The Kier molecular flexibility index (Phi) is 12.8. The van der Waals surface area contributed by atoms with Crippen LogP contribution in [0.5, 0.6) is 0 Å². The summed E-state index contributed by atoms with van der Waals surface area (Å²) in [6.45, 7) is -3.01. The summed E-state index contributed by atoms with van der Waals surface area (Å²) in [6, 6.07) is 9.13. The van der Waals surface area contributed by atoms with E-state index in [2.05, 4.69) is 0 Å². The molecule has 0 aliphatic rings. The van der Waals surface area contributed by atoms with Crippen molar-refractivity contribution in [2.75, 3.05) is 52.9 Å². The van der Waals surface area contributed by atoms with Gasteiger partial charge >= 0.3 is 5.97 Å². The minimum absolute atomic E-state index is 0.112. The lowest BCUT2D eigenvalue weighted by Crippen LogP contribution is -2.43. The topological polar surface area (TPSA) is 168 Å². The molecule has 0 bridgehead atoms. The van der Waals surface area contributed by atoms with Crippen LogP contribution in [-0.4, -0.2) is 94.6 Å². The Balaban J connectivity index is 0.000000569. The van der Waals surface area contributed by atoms with Crippen LogP contribution >= 0.6 is 0 Å². The third-order valence-electron chi connectivity index (χ3n) is 4.03. The first-order chi connectivity index (χ1) is 12.9. The highest BCUT2D eigenvalue weighted by Crippen LogP contribution is 2.19. The van der Waals surface area contributed by atoms with E-state index in [9.17, 15) is 4.79 Å². The fraction of sp³-hybridized carbons (Fsp3) is 0.611. The summed E-state index contributed by atoms with van der Waals surface area (Å²) in [5, 5.41) is 62.5. The smallest absolute Gasteiger partial charge is 0.307 e. The van der Waals surface area contributed by atoms with Crippen LogP contribution in [0.15, 0.2) is 30.3 Å². The maximum atomic E-state index is 10.2. The molecule has 1 rings (SSSR count). The van der Waals surface area contributed by atoms with Crippen molar-refractivity contribution in [1.82, 2.24) is 0 Å². The quantitative estimate of drug-likeness (QED) is 0.219. The maximum absolute atomic E-state index is 10.2. The molecule has 9 nitrogen and oxygen atoms in total. The predicted molar refractivity (Wildman–Crippen MR) is 96.0 cm³/mol. The number of carboxylic acids is 1. The van der Waals surface area contributed by atoms with E-state index in [1.54, 1.807) is 12.1 Å². The number of carbonyl (C=O) groups is 1. The van der Waals surface area contributed by atoms with Crippen molar-refractivity contribution in [2.24, 2.45) is 10.8 Å². The normalized spacial score (nSPS) is 11.6. The number of benzene rings is 1. The zero-order valence-electron chi connectivity index (χ0n) is 15.2. The molecule has 0 heterocycles. The predicted octanol–water partition coefficient (Wildman–Crippen LogP) is -1.76. The molecule has 9 heteroatoms. The van der Waals surface area contributed by atoms with Gasteiger partial charge in [0.1, 0.15) is 0 Å². The lowest BCUT2D eigenvalue weighted by molar-refractivity contribution is -0.136. The van der Waals surface area contributed by atoms with Crippen molar-refractivity contribution < 1.29 is 45.3 Å². The van der Waals surface area contributed by atoms with Gasteiger partial charge in [-0.25, -0.2) is 0 Å². The van der Waals surface area contributed by atoms with E-state index in [4.69, 9.17) is 40.5 Å². The third-order valence-corrected chi connectivity index (χ3v) is 4.03. The molecule has 0 amide bonds. The van der Waals surface area contributed by atoms with Crippen molar-refractivity contribution in [3.63, 3.8) is 0 Å². The average molecular weight is 390 g/mol. The van der Waals surface area contributed by atoms with Gasteiger partial charge in [-0.1, -0.05) is 30.3 Å². The van der Waals surface area contributed by atoms with Gasteiger partial charge in [-0.2, -0.15) is 0 Å². The molecule has 1 aromatic carbocycles. The van der Waals surface area contributed by atoms with Crippen molar-refractivity contribution in [1.29, 1.82) is 0 Å². The Morgan fingerprint density at radius 3 is 1.41 bits per heavy atom. The van der Waals surface area contributed by atoms with Crippen LogP contribution in [0.3, 0.4) is 0 Å². The summed E-state index contributed by atoms with van der Waals surface area (Å²) >= 11 is 0. The lowest BCUT2D eigenvalue weighted by atomic mass is 9.91. The van der Waals surface area contributed by atoms with Gasteiger partial charge in [0, 0.05) is 0 Å². The third kappa shape index (κ3) is 9.25. The summed E-state index contributed by atoms with van der Waals surface area (Å²) in [5.41, 5.74) is -1.48. The zero-order chi connectivity index (χ0) is 20.8. The molecule has 0 radical (unpaired) electrons. The minimum atomic E-state index is -1.16. The van der Waals surface area contributed by atoms with Gasteiger partial charge in [0.05, 0.1) is 70.1 Å². The van der Waals surface area contributed by atoms with E-state index in [0.717, 1.165) is 5.56 Å². The van der Waals surface area contributed by atoms with Gasteiger partial charge in [-0.3, -0.25) is 4.79 Å². The van der Waals surface area contributed by atoms with Gasteiger partial charge in [-0.15, -0.1) is 0 Å². The lowest BCUT2D eigenvalue weighted by Gasteiger charge is -2.31. The first-order valence-corrected chi connectivity index (χ1v) is 8.35. The molecule has 0 fully saturated rings. The Bertz CT molecular complexity index is 462. The molecule has 0 atom stereocenters. The molecule has 0 aliphatic heterocycles. The fourth-order valence-electron chi connectivity index (χ4n) is 1.83. The molecule has 0 unspecified atom stereocenters. The zero-order valence-corrected chi connectivity index (χ0v) is 15.2. The molecule has 156 valence electrons. The number of rotatable bonds is 12. The number of ether oxygens (including phenoxy) is 1. The Hall–Kier alpha value is -1.59. The van der Waals surface area contributed by atoms with Crippen molar-refractivity contribution >= 4 is 5.97 Å². The highest BCUT2D eigenvalue weighted by molar-refractivity contribution is 5.70. The highest BCUT2D eigenvalue weighted by Gasteiger charge is 2.32. The van der Waals surface area contributed by atoms with Crippen LogP contribution in [0.4, 0.5) is 0 Å². The molecule has 7 N–H and O–H groups in total. The molecular weight excluding hydrogens is 360 g/mol. The number of hydrogen-bond acceptors (Lipinski definition) is 8. The van der Waals surface area contributed by atoms with E-state index >= 15 is 0 Å². The summed E-state index contributed by atoms with van der Waals surface area (Å²) in [6.07, 6.45) is 0.112. The van der Waals surface area contributed by atoms with Gasteiger partial charge < -0.3 is 40.5 Å². The van der Waals surface area contributed by atoms with E-state index in [-0.39, 0.29) is 19.6 Å². The van der Waals surface area contributed by atoms with Crippen LogP contribution in [0, 0.1) is 10.8 Å². The minimum Gasteiger partial charge on any atom is -0.481 e. The van der Waals surface area contributed by atoms with Crippen LogP contribution in [-0.2, 0) is 16.0 Å². The molecule has 0 saturated heterocycles. The van der Waals surface area contributed by atoms with E-state index < -0.39 is 56.4 Å². The Morgan fingerprint density at radius 2 is 1.11 bits per heavy atom. The number of aliphatic carboxylic acids is 1. The summed E-state index contributed by atoms with van der Waals surface area (Å²) in [7, 11) is 0. The van der Waals surface area contributed by atoms with Crippen LogP contribution in [0.25, 0.3) is 0 Å². The molecular formula is C18H30O9. The average Bonchev–Trinajstić information content (AvgIpc) is 2.70. The fourth-order valence-corrected chi connectivity index (χ4v) is 1.83.